The maximum Gasteiger partial charge on any atom is 0.130 e. The van der Waals surface area contributed by atoms with Crippen LogP contribution in [0.3, 0.4) is 0 Å². The van der Waals surface area contributed by atoms with E-state index in [0.717, 1.165) is 17.1 Å². The molecule has 1 rings (SSSR count). The van der Waals surface area contributed by atoms with Gasteiger partial charge >= 0.3 is 0 Å². The molecule has 0 aromatic heterocycles. The monoisotopic (exact) mass is 192 g/mol. The van der Waals surface area contributed by atoms with Crippen LogP contribution >= 0.6 is 0 Å². The first-order valence-corrected chi connectivity index (χ1v) is 4.83. The molecule has 0 saturated carbocycles. The van der Waals surface area contributed by atoms with Gasteiger partial charge in [-0.3, -0.25) is 0 Å². The van der Waals surface area contributed by atoms with Crippen molar-refractivity contribution in [2.45, 2.75) is 13.8 Å². The molecule has 2 nitrogen and oxygen atoms in total. The highest BCUT2D eigenvalue weighted by Gasteiger charge is 2.02. The van der Waals surface area contributed by atoms with Crippen molar-refractivity contribution in [1.29, 1.82) is 0 Å². The van der Waals surface area contributed by atoms with E-state index in [1.165, 1.54) is 0 Å². The van der Waals surface area contributed by atoms with Crippen LogP contribution in [0.15, 0.2) is 24.8 Å². The highest BCUT2D eigenvalue weighted by Crippen LogP contribution is 2.25. The normalized spacial score (nSPS) is 9.57. The van der Waals surface area contributed by atoms with Crippen LogP contribution < -0.4 is 9.47 Å². The first-order valence-electron chi connectivity index (χ1n) is 4.83. The highest BCUT2D eigenvalue weighted by atomic mass is 16.5. The molecule has 1 aromatic carbocycles. The van der Waals surface area contributed by atoms with Crippen molar-refractivity contribution < 1.29 is 9.47 Å². The van der Waals surface area contributed by atoms with Gasteiger partial charge in [0.2, 0.25) is 0 Å². The number of ether oxygens (including phenoxy) is 2. The second-order valence-corrected chi connectivity index (χ2v) is 2.77. The Labute approximate surface area is 85.2 Å². The van der Waals surface area contributed by atoms with E-state index >= 15 is 0 Å². The molecule has 0 unspecified atom stereocenters. The van der Waals surface area contributed by atoms with Crippen molar-refractivity contribution in [2.24, 2.45) is 0 Å². The summed E-state index contributed by atoms with van der Waals surface area (Å²) in [5.74, 6) is 1.66. The molecule has 2 heteroatoms. The van der Waals surface area contributed by atoms with Gasteiger partial charge in [-0.05, 0) is 26.0 Å². The summed E-state index contributed by atoms with van der Waals surface area (Å²) >= 11 is 0. The molecular weight excluding hydrogens is 176 g/mol. The Kier molecular flexibility index (Phi) is 4.05. The number of rotatable bonds is 5. The molecular formula is C12H16O2. The van der Waals surface area contributed by atoms with Crippen molar-refractivity contribution in [3.8, 4) is 11.5 Å². The zero-order valence-corrected chi connectivity index (χ0v) is 8.75. The number of hydrogen-bond donors (Lipinski definition) is 0. The van der Waals surface area contributed by atoms with Crippen LogP contribution in [0, 0.1) is 0 Å². The largest absolute Gasteiger partial charge is 0.494 e. The van der Waals surface area contributed by atoms with Gasteiger partial charge < -0.3 is 9.47 Å². The average Bonchev–Trinajstić information content (AvgIpc) is 2.19. The average molecular weight is 192 g/mol. The molecule has 0 amide bonds. The standard InChI is InChI=1S/C12H16O2/c1-4-10-7-8-11(13-5-2)9-12(10)14-6-3/h4,7-9H,1,5-6H2,2-3H3. The zero-order chi connectivity index (χ0) is 10.4. The Hall–Kier alpha value is -1.44. The van der Waals surface area contributed by atoms with Crippen molar-refractivity contribution in [1.82, 2.24) is 0 Å². The Morgan fingerprint density at radius 3 is 2.50 bits per heavy atom. The van der Waals surface area contributed by atoms with Crippen LogP contribution in [0.4, 0.5) is 0 Å². The third-order valence-electron chi connectivity index (χ3n) is 1.82. The first-order chi connectivity index (χ1) is 6.81. The van der Waals surface area contributed by atoms with Gasteiger partial charge in [-0.1, -0.05) is 12.7 Å². The van der Waals surface area contributed by atoms with Crippen molar-refractivity contribution in [3.63, 3.8) is 0 Å². The Morgan fingerprint density at radius 2 is 1.93 bits per heavy atom. The molecule has 0 spiro atoms. The van der Waals surface area contributed by atoms with Crippen molar-refractivity contribution in [2.75, 3.05) is 13.2 Å². The van der Waals surface area contributed by atoms with Crippen LogP contribution in [0.25, 0.3) is 6.08 Å². The van der Waals surface area contributed by atoms with Crippen LogP contribution in [-0.4, -0.2) is 13.2 Å². The maximum absolute atomic E-state index is 5.46. The van der Waals surface area contributed by atoms with Crippen molar-refractivity contribution >= 4 is 6.08 Å². The Morgan fingerprint density at radius 1 is 1.21 bits per heavy atom. The van der Waals surface area contributed by atoms with Gasteiger partial charge in [-0.25, -0.2) is 0 Å². The summed E-state index contributed by atoms with van der Waals surface area (Å²) < 4.78 is 10.8. The highest BCUT2D eigenvalue weighted by molar-refractivity contribution is 5.57. The van der Waals surface area contributed by atoms with Gasteiger partial charge in [-0.15, -0.1) is 0 Å². The molecule has 0 aliphatic rings. The molecule has 0 bridgehead atoms. The molecule has 76 valence electrons. The van der Waals surface area contributed by atoms with E-state index in [-0.39, 0.29) is 0 Å². The zero-order valence-electron chi connectivity index (χ0n) is 8.75. The third-order valence-corrected chi connectivity index (χ3v) is 1.82. The van der Waals surface area contributed by atoms with Gasteiger partial charge in [0.15, 0.2) is 0 Å². The summed E-state index contributed by atoms with van der Waals surface area (Å²) in [6.45, 7) is 8.96. The van der Waals surface area contributed by atoms with Gasteiger partial charge in [0, 0.05) is 11.6 Å². The summed E-state index contributed by atoms with van der Waals surface area (Å²) in [5, 5.41) is 0. The molecule has 0 aliphatic carbocycles. The van der Waals surface area contributed by atoms with E-state index in [2.05, 4.69) is 6.58 Å². The SMILES string of the molecule is C=Cc1ccc(OCC)cc1OCC. The topological polar surface area (TPSA) is 18.5 Å². The van der Waals surface area contributed by atoms with Crippen LogP contribution in [-0.2, 0) is 0 Å². The van der Waals surface area contributed by atoms with E-state index in [1.807, 2.05) is 32.0 Å². The molecule has 0 heterocycles. The van der Waals surface area contributed by atoms with Gasteiger partial charge in [0.1, 0.15) is 11.5 Å². The summed E-state index contributed by atoms with van der Waals surface area (Å²) in [6.07, 6.45) is 1.78. The van der Waals surface area contributed by atoms with Crippen LogP contribution in [0.2, 0.25) is 0 Å². The minimum absolute atomic E-state index is 0.649. The van der Waals surface area contributed by atoms with Gasteiger partial charge in [0.25, 0.3) is 0 Å². The van der Waals surface area contributed by atoms with E-state index < -0.39 is 0 Å². The lowest BCUT2D eigenvalue weighted by Gasteiger charge is -2.09. The van der Waals surface area contributed by atoms with Crippen LogP contribution in [0.1, 0.15) is 19.4 Å². The summed E-state index contributed by atoms with van der Waals surface area (Å²) in [6, 6.07) is 5.76. The summed E-state index contributed by atoms with van der Waals surface area (Å²) in [7, 11) is 0. The van der Waals surface area contributed by atoms with Crippen molar-refractivity contribution in [3.05, 3.63) is 30.3 Å². The minimum Gasteiger partial charge on any atom is -0.494 e. The molecule has 0 aliphatic heterocycles. The smallest absolute Gasteiger partial charge is 0.130 e. The first kappa shape index (κ1) is 10.6. The molecule has 14 heavy (non-hydrogen) atoms. The van der Waals surface area contributed by atoms with E-state index in [0.29, 0.717) is 13.2 Å². The number of hydrogen-bond acceptors (Lipinski definition) is 2. The predicted octanol–water partition coefficient (Wildman–Crippen LogP) is 3.13. The van der Waals surface area contributed by atoms with E-state index in [9.17, 15) is 0 Å². The summed E-state index contributed by atoms with van der Waals surface area (Å²) in [4.78, 5) is 0. The lowest BCUT2D eigenvalue weighted by molar-refractivity contribution is 0.322. The van der Waals surface area contributed by atoms with E-state index in [4.69, 9.17) is 9.47 Å². The summed E-state index contributed by atoms with van der Waals surface area (Å²) in [5.41, 5.74) is 0.996. The van der Waals surface area contributed by atoms with Gasteiger partial charge in [-0.2, -0.15) is 0 Å². The molecule has 0 N–H and O–H groups in total. The third kappa shape index (κ3) is 2.52. The van der Waals surface area contributed by atoms with Gasteiger partial charge in [0.05, 0.1) is 13.2 Å². The Balaban J connectivity index is 2.94. The number of benzene rings is 1. The van der Waals surface area contributed by atoms with Crippen LogP contribution in [0.5, 0.6) is 11.5 Å². The fourth-order valence-corrected chi connectivity index (χ4v) is 1.22. The Bertz CT molecular complexity index is 305. The predicted molar refractivity (Wildman–Crippen MR) is 58.9 cm³/mol. The molecule has 0 atom stereocenters. The fraction of sp³-hybridized carbons (Fsp3) is 0.333. The second-order valence-electron chi connectivity index (χ2n) is 2.77. The molecule has 0 saturated heterocycles. The maximum atomic E-state index is 5.46. The molecule has 0 fully saturated rings. The quantitative estimate of drug-likeness (QED) is 0.713. The molecule has 0 radical (unpaired) electrons. The lowest BCUT2D eigenvalue weighted by atomic mass is 10.2. The fourth-order valence-electron chi connectivity index (χ4n) is 1.22. The lowest BCUT2D eigenvalue weighted by Crippen LogP contribution is -1.96. The second kappa shape index (κ2) is 5.32. The molecule has 1 aromatic rings. The minimum atomic E-state index is 0.649. The van der Waals surface area contributed by atoms with E-state index in [1.54, 1.807) is 6.08 Å².